The fourth-order valence-electron chi connectivity index (χ4n) is 2.90. The van der Waals surface area contributed by atoms with Crippen LogP contribution in [-0.2, 0) is 4.43 Å². The van der Waals surface area contributed by atoms with E-state index in [2.05, 4.69) is 43.7 Å². The van der Waals surface area contributed by atoms with Crippen LogP contribution >= 0.6 is 0 Å². The van der Waals surface area contributed by atoms with E-state index in [1.807, 2.05) is 0 Å². The maximum Gasteiger partial charge on any atom is 0.225 e. The lowest BCUT2D eigenvalue weighted by molar-refractivity contribution is 0.0953. The number of likely N-dealkylation sites (N-methyl/N-ethyl adjacent to an activating group) is 1. The maximum absolute atomic E-state index is 14.3. The second kappa shape index (κ2) is 8.37. The molecule has 1 aromatic heterocycles. The summed E-state index contributed by atoms with van der Waals surface area (Å²) < 4.78 is 20.7. The molecule has 1 fully saturated rings. The number of aromatic nitrogens is 1. The van der Waals surface area contributed by atoms with Gasteiger partial charge in [-0.2, -0.15) is 4.39 Å². The molecule has 0 aliphatic carbocycles. The van der Waals surface area contributed by atoms with E-state index in [0.29, 0.717) is 11.7 Å². The van der Waals surface area contributed by atoms with Gasteiger partial charge in [0, 0.05) is 25.6 Å². The van der Waals surface area contributed by atoms with Crippen molar-refractivity contribution in [2.75, 3.05) is 45.2 Å². The molecule has 27 heavy (non-hydrogen) atoms. The van der Waals surface area contributed by atoms with Crippen LogP contribution in [0.2, 0.25) is 18.1 Å². The third kappa shape index (κ3) is 5.59. The Bertz CT molecular complexity index is 674. The Morgan fingerprint density at radius 1 is 1.37 bits per heavy atom. The van der Waals surface area contributed by atoms with Gasteiger partial charge in [0.25, 0.3) is 0 Å². The fraction of sp³-hybridized carbons (Fsp3) is 0.700. The molecule has 0 amide bonds. The molecule has 5 nitrogen and oxygen atoms in total. The molecule has 1 aliphatic heterocycles. The Morgan fingerprint density at radius 2 is 2.04 bits per heavy atom. The smallest absolute Gasteiger partial charge is 0.225 e. The second-order valence-corrected chi connectivity index (χ2v) is 14.2. The Kier molecular flexibility index (Phi) is 6.81. The predicted octanol–water partition coefficient (Wildman–Crippen LogP) is 3.81. The van der Waals surface area contributed by atoms with E-state index in [9.17, 15) is 9.18 Å². The molecule has 1 aliphatic rings. The van der Waals surface area contributed by atoms with Crippen molar-refractivity contribution in [1.29, 1.82) is 0 Å². The second-order valence-electron chi connectivity index (χ2n) is 9.34. The molecule has 0 N–H and O–H groups in total. The van der Waals surface area contributed by atoms with Crippen LogP contribution in [0.25, 0.3) is 0 Å². The average Bonchev–Trinajstić information content (AvgIpc) is 3.00. The lowest BCUT2D eigenvalue weighted by Crippen LogP contribution is -2.42. The van der Waals surface area contributed by atoms with Crippen LogP contribution in [0.3, 0.4) is 0 Å². The Hall–Kier alpha value is -1.31. The van der Waals surface area contributed by atoms with Crippen LogP contribution in [0.15, 0.2) is 12.1 Å². The monoisotopic (exact) mass is 395 g/mol. The summed E-state index contributed by atoms with van der Waals surface area (Å²) in [5, 5.41) is 0.199. The van der Waals surface area contributed by atoms with E-state index in [1.165, 1.54) is 0 Å². The normalized spacial score (nSPS) is 18.4. The van der Waals surface area contributed by atoms with Crippen molar-refractivity contribution >= 4 is 19.9 Å². The van der Waals surface area contributed by atoms with Gasteiger partial charge in [-0.1, -0.05) is 20.8 Å². The van der Waals surface area contributed by atoms with Crippen LogP contribution < -0.4 is 4.90 Å². The number of nitrogens with zero attached hydrogens (tertiary/aromatic N) is 3. The lowest BCUT2D eigenvalue weighted by atomic mass is 10.1. The van der Waals surface area contributed by atoms with Gasteiger partial charge in [0.05, 0.1) is 12.1 Å². The molecule has 152 valence electrons. The molecule has 2 rings (SSSR count). The summed E-state index contributed by atoms with van der Waals surface area (Å²) >= 11 is 0. The highest BCUT2D eigenvalue weighted by atomic mass is 28.4. The van der Waals surface area contributed by atoms with Crippen molar-refractivity contribution in [3.05, 3.63) is 23.6 Å². The fourth-order valence-corrected chi connectivity index (χ4v) is 3.99. The summed E-state index contributed by atoms with van der Waals surface area (Å²) in [5.74, 6) is 0.0988. The Labute approximate surface area is 164 Å². The third-order valence-corrected chi connectivity index (χ3v) is 10.2. The quantitative estimate of drug-likeness (QED) is 0.399. The van der Waals surface area contributed by atoms with Gasteiger partial charge >= 0.3 is 0 Å². The maximum atomic E-state index is 14.3. The van der Waals surface area contributed by atoms with Crippen molar-refractivity contribution in [2.24, 2.45) is 5.92 Å². The molecule has 0 aromatic carbocycles. The number of hydrogen-bond acceptors (Lipinski definition) is 5. The van der Waals surface area contributed by atoms with Crippen LogP contribution in [0.5, 0.6) is 0 Å². The van der Waals surface area contributed by atoms with Crippen LogP contribution in [0, 0.1) is 11.9 Å². The SMILES string of the molecule is CN(C)CC(=O)c1ccc(N2CCC(CO[Si](C)(C)C(C)(C)C)C2)nc1F. The molecule has 1 unspecified atom stereocenters. The van der Waals surface area contributed by atoms with E-state index in [4.69, 9.17) is 4.43 Å². The number of carbonyl (C=O) groups is 1. The highest BCUT2D eigenvalue weighted by Gasteiger charge is 2.38. The third-order valence-electron chi connectivity index (χ3n) is 5.69. The number of carbonyl (C=O) groups excluding carboxylic acids is 1. The van der Waals surface area contributed by atoms with E-state index in [-0.39, 0.29) is 22.9 Å². The minimum atomic E-state index is -1.75. The highest BCUT2D eigenvalue weighted by molar-refractivity contribution is 6.74. The molecular weight excluding hydrogens is 361 g/mol. The summed E-state index contributed by atoms with van der Waals surface area (Å²) in [6.07, 6.45) is 1.01. The first-order valence-corrected chi connectivity index (χ1v) is 12.5. The van der Waals surface area contributed by atoms with E-state index in [0.717, 1.165) is 26.1 Å². The number of halogens is 1. The standard InChI is InChI=1S/C20H34FN3O2Si/c1-20(2,3)27(6,7)26-14-15-10-11-24(12-15)18-9-8-16(19(21)22-18)17(25)13-23(4)5/h8-9,15H,10-14H2,1-7H3. The molecule has 2 heterocycles. The number of hydrogen-bond donors (Lipinski definition) is 0. The number of pyridine rings is 1. The zero-order valence-corrected chi connectivity index (χ0v) is 18.8. The first-order valence-electron chi connectivity index (χ1n) is 9.64. The highest BCUT2D eigenvalue weighted by Crippen LogP contribution is 2.37. The minimum Gasteiger partial charge on any atom is -0.416 e. The summed E-state index contributed by atoms with van der Waals surface area (Å²) in [4.78, 5) is 19.9. The van der Waals surface area contributed by atoms with Crippen LogP contribution in [0.4, 0.5) is 10.2 Å². The molecule has 0 saturated carbocycles. The number of rotatable bonds is 7. The van der Waals surface area contributed by atoms with Gasteiger partial charge in [0.1, 0.15) is 5.82 Å². The Balaban J connectivity index is 1.97. The van der Waals surface area contributed by atoms with Gasteiger partial charge in [-0.25, -0.2) is 4.98 Å². The Morgan fingerprint density at radius 3 is 2.59 bits per heavy atom. The summed E-state index contributed by atoms with van der Waals surface area (Å²) in [5.41, 5.74) is 0.0597. The topological polar surface area (TPSA) is 45.7 Å². The molecule has 0 radical (unpaired) electrons. The lowest BCUT2D eigenvalue weighted by Gasteiger charge is -2.37. The van der Waals surface area contributed by atoms with Gasteiger partial charge in [-0.3, -0.25) is 4.79 Å². The van der Waals surface area contributed by atoms with Gasteiger partial charge in [-0.15, -0.1) is 0 Å². The van der Waals surface area contributed by atoms with E-state index in [1.54, 1.807) is 31.1 Å². The minimum absolute atomic E-state index is 0.0597. The van der Waals surface area contributed by atoms with Crippen LogP contribution in [0.1, 0.15) is 37.6 Å². The van der Waals surface area contributed by atoms with Gasteiger partial charge < -0.3 is 14.2 Å². The van der Waals surface area contributed by atoms with E-state index < -0.39 is 14.3 Å². The summed E-state index contributed by atoms with van der Waals surface area (Å²) in [6, 6.07) is 3.31. The molecular formula is C20H34FN3O2Si. The van der Waals surface area contributed by atoms with Crippen LogP contribution in [-0.4, -0.2) is 64.3 Å². The average molecular weight is 396 g/mol. The zero-order valence-electron chi connectivity index (χ0n) is 17.8. The van der Waals surface area contributed by atoms with E-state index >= 15 is 0 Å². The van der Waals surface area contributed by atoms with Crippen molar-refractivity contribution < 1.29 is 13.6 Å². The van der Waals surface area contributed by atoms with Crippen molar-refractivity contribution in [2.45, 2.75) is 45.3 Å². The largest absolute Gasteiger partial charge is 0.416 e. The first-order chi connectivity index (χ1) is 12.4. The number of anilines is 1. The van der Waals surface area contributed by atoms with Gasteiger partial charge in [0.2, 0.25) is 5.95 Å². The molecule has 7 heteroatoms. The molecule has 0 spiro atoms. The van der Waals surface area contributed by atoms with Crippen molar-refractivity contribution in [1.82, 2.24) is 9.88 Å². The molecule has 1 atom stereocenters. The molecule has 1 saturated heterocycles. The molecule has 1 aromatic rings. The number of ketones is 1. The zero-order chi connectivity index (χ0) is 20.4. The van der Waals surface area contributed by atoms with Crippen molar-refractivity contribution in [3.8, 4) is 0 Å². The first kappa shape index (κ1) is 22.0. The summed E-state index contributed by atoms with van der Waals surface area (Å²) in [7, 11) is 1.82. The summed E-state index contributed by atoms with van der Waals surface area (Å²) in [6.45, 7) is 13.8. The predicted molar refractivity (Wildman–Crippen MR) is 111 cm³/mol. The molecule has 0 bridgehead atoms. The van der Waals surface area contributed by atoms with Gasteiger partial charge in [-0.05, 0) is 50.8 Å². The number of Topliss-reactive ketones (excluding diaryl/α,β-unsaturated/α-hetero) is 1. The van der Waals surface area contributed by atoms with Gasteiger partial charge in [0.15, 0.2) is 14.1 Å². The van der Waals surface area contributed by atoms with Crippen molar-refractivity contribution in [3.63, 3.8) is 0 Å².